The highest BCUT2D eigenvalue weighted by Gasteiger charge is 2.74. The van der Waals surface area contributed by atoms with Crippen LogP contribution in [0.1, 0.15) is 37.9 Å². The number of hydrogen-bond donors (Lipinski definition) is 0. The van der Waals surface area contributed by atoms with Gasteiger partial charge in [0.1, 0.15) is 0 Å². The molecular formula is C27H18INO5. The molecule has 7 heteroatoms. The Morgan fingerprint density at radius 3 is 1.97 bits per heavy atom. The number of nitrogens with zero attached hydrogens (tertiary/aromatic N) is 1. The van der Waals surface area contributed by atoms with E-state index in [2.05, 4.69) is 22.6 Å². The zero-order chi connectivity index (χ0) is 23.6. The lowest BCUT2D eigenvalue weighted by Crippen LogP contribution is -2.50. The SMILES string of the molecule is O=C1[C@@H]2[C@@H](C(=O)N1Cc1ccccc1)C1(O[C@H]2c2ccc(I)cc2)C(=O)c2ccccc2C1=O. The van der Waals surface area contributed by atoms with E-state index < -0.39 is 46.9 Å². The van der Waals surface area contributed by atoms with Crippen LogP contribution in [0.25, 0.3) is 0 Å². The summed E-state index contributed by atoms with van der Waals surface area (Å²) >= 11 is 2.17. The van der Waals surface area contributed by atoms with E-state index in [0.29, 0.717) is 5.56 Å². The summed E-state index contributed by atoms with van der Waals surface area (Å²) in [6.07, 6.45) is -0.888. The normalized spacial score (nSPS) is 24.7. The number of benzene rings is 3. The summed E-state index contributed by atoms with van der Waals surface area (Å²) in [6, 6.07) is 23.1. The van der Waals surface area contributed by atoms with Gasteiger partial charge in [0, 0.05) is 14.7 Å². The lowest BCUT2D eigenvalue weighted by atomic mass is 9.77. The molecule has 2 fully saturated rings. The molecule has 2 saturated heterocycles. The van der Waals surface area contributed by atoms with Crippen molar-refractivity contribution < 1.29 is 23.9 Å². The first-order chi connectivity index (χ1) is 16.4. The second-order valence-corrected chi connectivity index (χ2v) is 10.0. The molecule has 2 heterocycles. The van der Waals surface area contributed by atoms with E-state index in [-0.39, 0.29) is 17.7 Å². The van der Waals surface area contributed by atoms with Crippen LogP contribution in [0.4, 0.5) is 0 Å². The summed E-state index contributed by atoms with van der Waals surface area (Å²) in [5.74, 6) is -4.21. The number of imide groups is 1. The number of amides is 2. The van der Waals surface area contributed by atoms with Crippen LogP contribution in [0.15, 0.2) is 78.9 Å². The third-order valence-corrected chi connectivity index (χ3v) is 7.71. The molecule has 168 valence electrons. The van der Waals surface area contributed by atoms with Crippen molar-refractivity contribution in [2.75, 3.05) is 0 Å². The summed E-state index contributed by atoms with van der Waals surface area (Å²) in [6.45, 7) is 0.0797. The first-order valence-corrected chi connectivity index (χ1v) is 12.0. The van der Waals surface area contributed by atoms with Gasteiger partial charge in [0.25, 0.3) is 0 Å². The molecule has 0 N–H and O–H groups in total. The number of rotatable bonds is 3. The van der Waals surface area contributed by atoms with Gasteiger partial charge in [0.15, 0.2) is 0 Å². The Labute approximate surface area is 209 Å². The van der Waals surface area contributed by atoms with Crippen molar-refractivity contribution >= 4 is 46.0 Å². The quantitative estimate of drug-likeness (QED) is 0.274. The lowest BCUT2D eigenvalue weighted by molar-refractivity contribution is -0.145. The minimum atomic E-state index is -2.03. The minimum absolute atomic E-state index is 0.0797. The Morgan fingerprint density at radius 2 is 1.35 bits per heavy atom. The van der Waals surface area contributed by atoms with Crippen LogP contribution in [0.3, 0.4) is 0 Å². The summed E-state index contributed by atoms with van der Waals surface area (Å²) < 4.78 is 7.27. The third-order valence-electron chi connectivity index (χ3n) is 6.99. The molecule has 3 aromatic rings. The number of likely N-dealkylation sites (tertiary alicyclic amines) is 1. The Morgan fingerprint density at radius 1 is 0.765 bits per heavy atom. The van der Waals surface area contributed by atoms with Crippen LogP contribution >= 0.6 is 22.6 Å². The number of hydrogen-bond acceptors (Lipinski definition) is 5. The van der Waals surface area contributed by atoms with Gasteiger partial charge in [-0.1, -0.05) is 66.7 Å². The maximum atomic E-state index is 13.8. The smallest absolute Gasteiger partial charge is 0.237 e. The molecule has 6 rings (SSSR count). The maximum Gasteiger partial charge on any atom is 0.237 e. The van der Waals surface area contributed by atoms with Crippen LogP contribution in [0.2, 0.25) is 0 Å². The standard InChI is InChI=1S/C27H18INO5/c28-17-12-10-16(11-13-17)22-20-21(26(33)29(25(20)32)14-15-6-2-1-3-7-15)27(34-22)23(30)18-8-4-5-9-19(18)24(27)31/h1-13,20-22H,14H2/t20-,21+,22+/m1/s1. The van der Waals surface area contributed by atoms with E-state index in [9.17, 15) is 19.2 Å². The van der Waals surface area contributed by atoms with Crippen molar-refractivity contribution in [1.29, 1.82) is 0 Å². The van der Waals surface area contributed by atoms with Gasteiger partial charge in [-0.05, 0) is 45.9 Å². The minimum Gasteiger partial charge on any atom is -0.349 e. The number of halogens is 1. The highest BCUT2D eigenvalue weighted by Crippen LogP contribution is 2.57. The fourth-order valence-corrected chi connectivity index (χ4v) is 5.81. The number of fused-ring (bicyclic) bond motifs is 3. The molecule has 3 atom stereocenters. The van der Waals surface area contributed by atoms with Gasteiger partial charge in [-0.3, -0.25) is 24.1 Å². The molecule has 1 aliphatic carbocycles. The van der Waals surface area contributed by atoms with Crippen molar-refractivity contribution in [3.8, 4) is 0 Å². The average Bonchev–Trinajstić information content (AvgIpc) is 3.41. The predicted molar refractivity (Wildman–Crippen MR) is 130 cm³/mol. The van der Waals surface area contributed by atoms with Gasteiger partial charge in [-0.25, -0.2) is 0 Å². The van der Waals surface area contributed by atoms with E-state index in [1.165, 1.54) is 4.90 Å². The van der Waals surface area contributed by atoms with Gasteiger partial charge < -0.3 is 4.74 Å². The van der Waals surface area contributed by atoms with Crippen LogP contribution in [-0.2, 0) is 20.9 Å². The van der Waals surface area contributed by atoms with Gasteiger partial charge in [0.2, 0.25) is 29.0 Å². The molecular weight excluding hydrogens is 545 g/mol. The zero-order valence-corrected chi connectivity index (χ0v) is 20.0. The van der Waals surface area contributed by atoms with E-state index in [0.717, 1.165) is 9.13 Å². The van der Waals surface area contributed by atoms with E-state index >= 15 is 0 Å². The summed E-state index contributed by atoms with van der Waals surface area (Å²) in [5.41, 5.74) is -0.114. The van der Waals surface area contributed by atoms with Gasteiger partial charge in [-0.2, -0.15) is 0 Å². The second kappa shape index (κ2) is 7.68. The monoisotopic (exact) mass is 563 g/mol. The third kappa shape index (κ3) is 2.83. The first kappa shape index (κ1) is 21.4. The van der Waals surface area contributed by atoms with Crippen molar-refractivity contribution in [2.24, 2.45) is 11.8 Å². The molecule has 0 radical (unpaired) electrons. The fraction of sp³-hybridized carbons (Fsp3) is 0.185. The maximum absolute atomic E-state index is 13.8. The number of carbonyl (C=O) groups excluding carboxylic acids is 4. The van der Waals surface area contributed by atoms with E-state index in [1.54, 1.807) is 24.3 Å². The predicted octanol–water partition coefficient (Wildman–Crippen LogP) is 3.98. The van der Waals surface area contributed by atoms with Gasteiger partial charge in [0.05, 0.1) is 24.5 Å². The van der Waals surface area contributed by atoms with Gasteiger partial charge in [-0.15, -0.1) is 0 Å². The number of ether oxygens (including phenoxy) is 1. The Hall–Kier alpha value is -3.17. The Balaban J connectivity index is 1.49. The molecule has 0 unspecified atom stereocenters. The average molecular weight is 563 g/mol. The Kier molecular flexibility index (Phi) is 4.82. The van der Waals surface area contributed by atoms with Crippen LogP contribution < -0.4 is 0 Å². The topological polar surface area (TPSA) is 80.8 Å². The second-order valence-electron chi connectivity index (χ2n) is 8.78. The lowest BCUT2D eigenvalue weighted by Gasteiger charge is -2.27. The van der Waals surface area contributed by atoms with E-state index in [1.807, 2.05) is 54.6 Å². The zero-order valence-electron chi connectivity index (χ0n) is 17.8. The summed E-state index contributed by atoms with van der Waals surface area (Å²) in [5, 5.41) is 0. The van der Waals surface area contributed by atoms with Crippen molar-refractivity contribution in [3.63, 3.8) is 0 Å². The summed E-state index contributed by atoms with van der Waals surface area (Å²) in [4.78, 5) is 56.0. The molecule has 3 aromatic carbocycles. The van der Waals surface area contributed by atoms with Gasteiger partial charge >= 0.3 is 0 Å². The molecule has 2 aliphatic heterocycles. The molecule has 1 spiro atoms. The fourth-order valence-electron chi connectivity index (χ4n) is 5.45. The largest absolute Gasteiger partial charge is 0.349 e. The molecule has 0 bridgehead atoms. The molecule has 2 amide bonds. The van der Waals surface area contributed by atoms with Crippen molar-refractivity contribution in [3.05, 3.63) is 105 Å². The van der Waals surface area contributed by atoms with Crippen LogP contribution in [0, 0.1) is 15.4 Å². The van der Waals surface area contributed by atoms with Crippen LogP contribution in [-0.4, -0.2) is 33.9 Å². The molecule has 0 aromatic heterocycles. The number of carbonyl (C=O) groups is 4. The number of Topliss-reactive ketones (excluding diaryl/α,β-unsaturated/α-hetero) is 2. The first-order valence-electron chi connectivity index (χ1n) is 10.9. The molecule has 34 heavy (non-hydrogen) atoms. The van der Waals surface area contributed by atoms with Crippen molar-refractivity contribution in [2.45, 2.75) is 18.2 Å². The Bertz CT molecular complexity index is 1330. The number of ketones is 2. The summed E-state index contributed by atoms with van der Waals surface area (Å²) in [7, 11) is 0. The van der Waals surface area contributed by atoms with Crippen LogP contribution in [0.5, 0.6) is 0 Å². The highest BCUT2D eigenvalue weighted by molar-refractivity contribution is 14.1. The molecule has 0 saturated carbocycles. The highest BCUT2D eigenvalue weighted by atomic mass is 127. The van der Waals surface area contributed by atoms with E-state index in [4.69, 9.17) is 4.74 Å². The van der Waals surface area contributed by atoms with Crippen molar-refractivity contribution in [1.82, 2.24) is 4.90 Å². The molecule has 6 nitrogen and oxygen atoms in total. The molecule has 3 aliphatic rings.